The number of Topliss-reactive ketones (excluding diaryl/α,β-unsaturated/α-hetero) is 1. The van der Waals surface area contributed by atoms with Gasteiger partial charge >= 0.3 is 55.0 Å². The third-order valence-electron chi connectivity index (χ3n) is 7.58. The molecule has 2 saturated heterocycles. The Morgan fingerprint density at radius 3 is 1.38 bits per heavy atom. The van der Waals surface area contributed by atoms with Gasteiger partial charge in [-0.3, -0.25) is 33.7 Å². The van der Waals surface area contributed by atoms with Crippen molar-refractivity contribution in [3.63, 3.8) is 0 Å². The van der Waals surface area contributed by atoms with Crippen molar-refractivity contribution in [1.29, 1.82) is 0 Å². The summed E-state index contributed by atoms with van der Waals surface area (Å²) in [4.78, 5) is 135. The number of hydrogen-bond acceptors (Lipinski definition) is 18. The van der Waals surface area contributed by atoms with Crippen molar-refractivity contribution in [2.45, 2.75) is 204 Å². The second kappa shape index (κ2) is 52.5. The summed E-state index contributed by atoms with van der Waals surface area (Å²) in [5.74, 6) is -5.40. The fourth-order valence-electron chi connectivity index (χ4n) is 4.93. The van der Waals surface area contributed by atoms with E-state index in [0.717, 1.165) is 43.9 Å². The van der Waals surface area contributed by atoms with Crippen molar-refractivity contribution in [2.75, 3.05) is 26.4 Å². The van der Waals surface area contributed by atoms with Crippen molar-refractivity contribution >= 4 is 78.0 Å². The maximum absolute atomic E-state index is 12.0. The number of carbonyl (C=O) groups is 12. The monoisotopic (exact) mass is 1340 g/mol. The van der Waals surface area contributed by atoms with Crippen LogP contribution in [0.1, 0.15) is 169 Å². The summed E-state index contributed by atoms with van der Waals surface area (Å²) in [7, 11) is 0. The summed E-state index contributed by atoms with van der Waals surface area (Å²) in [6.45, 7) is 34.8. The summed E-state index contributed by atoms with van der Waals surface area (Å²) in [6.07, 6.45) is 2.96. The molecular formula is C51H88LiN5O22Rh2. The number of allylic oxidation sites excluding steroid dienone is 1. The summed E-state index contributed by atoms with van der Waals surface area (Å²) in [5, 5.41) is 32.1. The third-order valence-corrected chi connectivity index (χ3v) is 7.58. The number of carbonyl (C=O) groups excluding carboxylic acids is 8. The van der Waals surface area contributed by atoms with Gasteiger partial charge in [0.15, 0.2) is 5.78 Å². The molecule has 2 fully saturated rings. The van der Waals surface area contributed by atoms with Gasteiger partial charge in [0.1, 0.15) is 34.9 Å². The van der Waals surface area contributed by atoms with Gasteiger partial charge in [-0.05, 0) is 109 Å². The van der Waals surface area contributed by atoms with E-state index in [0.29, 0.717) is 12.0 Å². The molecule has 0 aliphatic carbocycles. The second-order valence-electron chi connectivity index (χ2n) is 18.8. The molecule has 468 valence electrons. The third kappa shape index (κ3) is 65.1. The molecule has 2 aliphatic rings. The molecule has 0 aromatic rings. The Balaban J connectivity index is -0.000000115. The maximum Gasteiger partial charge on any atom is 1.00 e. The van der Waals surface area contributed by atoms with Crippen LogP contribution in [0.4, 0.5) is 14.4 Å². The van der Waals surface area contributed by atoms with Crippen LogP contribution in [0.25, 0.3) is 5.53 Å². The van der Waals surface area contributed by atoms with Gasteiger partial charge in [-0.15, -0.1) is 0 Å². The summed E-state index contributed by atoms with van der Waals surface area (Å²) < 4.78 is 30.1. The van der Waals surface area contributed by atoms with E-state index in [2.05, 4.69) is 30.5 Å². The van der Waals surface area contributed by atoms with Gasteiger partial charge < -0.3 is 66.6 Å². The fourth-order valence-corrected chi connectivity index (χ4v) is 4.93. The fraction of sp³-hybridized carbons (Fsp3) is 0.686. The molecule has 0 spiro atoms. The van der Waals surface area contributed by atoms with E-state index in [1.807, 2.05) is 0 Å². The number of nitrogens with one attached hydrogen (secondary N) is 1. The molecule has 27 nitrogen and oxygen atoms in total. The molecule has 0 saturated carbocycles. The van der Waals surface area contributed by atoms with Crippen LogP contribution < -0.4 is 24.2 Å². The number of hydrogen-bond donors (Lipinski definition) is 5. The zero-order valence-corrected chi connectivity index (χ0v) is 53.6. The molecule has 0 aromatic heterocycles. The first-order valence-corrected chi connectivity index (χ1v) is 24.5. The molecule has 4 amide bonds. The van der Waals surface area contributed by atoms with Crippen molar-refractivity contribution in [3.05, 3.63) is 24.6 Å². The molecule has 81 heavy (non-hydrogen) atoms. The number of nitrogens with zero attached hydrogens (tertiary/aromatic N) is 4. The summed E-state index contributed by atoms with van der Waals surface area (Å²) >= 11 is 0. The normalized spacial score (nSPS) is 13.8. The maximum atomic E-state index is 12.0. The van der Waals surface area contributed by atoms with Gasteiger partial charge in [0.25, 0.3) is 30.1 Å². The van der Waals surface area contributed by atoms with E-state index >= 15 is 0 Å². The second-order valence-corrected chi connectivity index (χ2v) is 18.8. The number of esters is 3. The molecule has 2 aliphatic heterocycles. The minimum absolute atomic E-state index is 0. The number of rotatable bonds is 12. The van der Waals surface area contributed by atoms with E-state index in [-0.39, 0.29) is 122 Å². The van der Waals surface area contributed by atoms with Gasteiger partial charge in [-0.25, -0.2) is 33.7 Å². The van der Waals surface area contributed by atoms with Crippen LogP contribution in [0.15, 0.2) is 12.2 Å². The molecule has 5 N–H and O–H groups in total. The molecule has 30 heteroatoms. The van der Waals surface area contributed by atoms with E-state index in [4.69, 9.17) is 73.6 Å². The minimum Gasteiger partial charge on any atom is -0.481 e. The number of piperidine rings is 1. The number of alkyl carbamates (subject to hydrolysis) is 1. The topological polar surface area (TPSA) is 396 Å². The first-order valence-electron chi connectivity index (χ1n) is 24.5. The molecule has 0 aromatic carbocycles. The average molecular weight is 1340 g/mol. The Kier molecular flexibility index (Phi) is 61.3. The number of unbranched alkanes of at least 4 members (excludes halogenated alkanes) is 1. The number of carboxylic acid groups (broad SMARTS) is 4. The largest absolute Gasteiger partial charge is 1.00 e. The molecule has 0 unspecified atom stereocenters. The quantitative estimate of drug-likeness (QED) is 0.0350. The zero-order valence-electron chi connectivity index (χ0n) is 50.3. The Hall–Kier alpha value is -5.60. The number of ether oxygens (including phenoxy) is 6. The Bertz CT molecular complexity index is 1920. The van der Waals surface area contributed by atoms with Crippen LogP contribution in [-0.2, 0) is 111 Å². The van der Waals surface area contributed by atoms with Crippen LogP contribution in [0.3, 0.4) is 0 Å². The number of likely N-dealkylation sites (tertiary alicyclic amines) is 2. The predicted molar refractivity (Wildman–Crippen MR) is 282 cm³/mol. The summed E-state index contributed by atoms with van der Waals surface area (Å²) in [6, 6.07) is -2.43. The van der Waals surface area contributed by atoms with E-state index in [1.165, 1.54) is 12.6 Å². The number of carboxylic acids is 4. The zero-order chi connectivity index (χ0) is 62.7. The molecule has 3 atom stereocenters. The summed E-state index contributed by atoms with van der Waals surface area (Å²) in [5.41, 5.74) is 6.89. The van der Waals surface area contributed by atoms with Crippen molar-refractivity contribution in [2.24, 2.45) is 0 Å². The molecule has 2 heterocycles. The molecule has 2 radical (unpaired) electrons. The number of aliphatic carboxylic acids is 4. The van der Waals surface area contributed by atoms with Gasteiger partial charge in [0, 0.05) is 85.1 Å². The molecule has 0 bridgehead atoms. The van der Waals surface area contributed by atoms with Crippen LogP contribution in [0.5, 0.6) is 0 Å². The van der Waals surface area contributed by atoms with Crippen LogP contribution >= 0.6 is 0 Å². The van der Waals surface area contributed by atoms with Gasteiger partial charge in [-0.2, -0.15) is 11.2 Å². The number of imide groups is 1. The Morgan fingerprint density at radius 2 is 1.04 bits per heavy atom. The molecular weight excluding hydrogens is 1250 g/mol. The van der Waals surface area contributed by atoms with Gasteiger partial charge in [0.2, 0.25) is 5.91 Å². The Morgan fingerprint density at radius 1 is 0.679 bits per heavy atom. The minimum atomic E-state index is -0.854. The average Bonchev–Trinajstić information content (AvgIpc) is 3.65. The first-order chi connectivity index (χ1) is 35.5. The van der Waals surface area contributed by atoms with Gasteiger partial charge in [0.05, 0.1) is 26.4 Å². The number of ketones is 1. The smallest absolute Gasteiger partial charge is 0.481 e. The van der Waals surface area contributed by atoms with E-state index in [9.17, 15) is 38.4 Å². The standard InChI is InChI=1S/C14H23N3O4.C13H21NO5.C12H19NO5.C4H9.4C2H4O2.Li.2Rh/c1-6-20-12(18)11(8-7-10(2)9-16-15)17-13(19)21-14(3,4)5;1-5-18-11(16)10-7-6-9(15)8-14(10)12(17)19-13(2,3)4;1-5-17-10(15)8-6-7-9(14)13(8)11(16)18-12(2,3)4;1-3-4-2;4*1-2(3)4;;;/h9,11H,2,6-8H2,1,3-5H3,(H,17,19);10H,5-8H2,1-4H3;8H,5-7H2,1-4H3;1,3-4H2,2H3;4*1H3,(H,3,4);;;/q;;;-1;;;;;+1;;/t11-;10-;8-;;;;;;;;/m000......../s1. The van der Waals surface area contributed by atoms with Crippen LogP contribution in [-0.4, -0.2) is 174 Å². The number of amides is 4. The predicted octanol–water partition coefficient (Wildman–Crippen LogP) is 4.06. The van der Waals surface area contributed by atoms with Crippen LogP contribution in [0, 0.1) is 6.92 Å². The molecule has 2 rings (SSSR count). The van der Waals surface area contributed by atoms with Gasteiger partial charge in [-0.1, -0.05) is 19.9 Å². The van der Waals surface area contributed by atoms with E-state index in [1.54, 1.807) is 83.1 Å². The van der Waals surface area contributed by atoms with E-state index < -0.39 is 101 Å². The van der Waals surface area contributed by atoms with Crippen molar-refractivity contribution in [3.8, 4) is 0 Å². The van der Waals surface area contributed by atoms with Crippen molar-refractivity contribution in [1.82, 2.24) is 15.1 Å². The van der Waals surface area contributed by atoms with Crippen molar-refractivity contribution < 1.29 is 169 Å². The Labute approximate surface area is 514 Å². The SMILES string of the molecule is C=C(C=[N+]=[N-])CC[C@H](NC(=O)OC(C)(C)C)C(=O)OCC.CC(=O)O.CC(=O)O.CC(=O)O.CC(=O)O.CCOC(=O)[C@@H]1CCC(=O)CN1C(=O)OC(C)(C)C.CCOC(=O)[C@@H]1CCC(=O)N1C(=O)OC(C)(C)C.[CH2-]CCC.[Li+].[Rh].[Rh]. The van der Waals surface area contributed by atoms with Crippen LogP contribution in [0.2, 0.25) is 0 Å². The first kappa shape index (κ1) is 94.7.